The molecule has 0 aliphatic carbocycles. The van der Waals surface area contributed by atoms with E-state index in [2.05, 4.69) is 5.32 Å². The highest BCUT2D eigenvalue weighted by molar-refractivity contribution is 4.73. The lowest BCUT2D eigenvalue weighted by molar-refractivity contribution is 0.0876. The van der Waals surface area contributed by atoms with Crippen LogP contribution in [-0.4, -0.2) is 25.8 Å². The fourth-order valence-electron chi connectivity index (χ4n) is 2.53. The molecule has 2 aliphatic rings. The van der Waals surface area contributed by atoms with E-state index in [-0.39, 0.29) is 0 Å². The maximum absolute atomic E-state index is 5.68. The lowest BCUT2D eigenvalue weighted by atomic mass is 9.93. The zero-order valence-electron chi connectivity index (χ0n) is 8.43. The Hall–Kier alpha value is -0.0800. The van der Waals surface area contributed by atoms with Crippen molar-refractivity contribution in [2.24, 2.45) is 5.92 Å². The summed E-state index contributed by atoms with van der Waals surface area (Å²) in [7, 11) is 0. The normalized spacial score (nSPS) is 36.0. The predicted molar refractivity (Wildman–Crippen MR) is 53.8 cm³/mol. The molecule has 0 amide bonds. The Morgan fingerprint density at radius 1 is 1.08 bits per heavy atom. The molecule has 2 heteroatoms. The number of nitrogens with one attached hydrogen (secondary N) is 1. The van der Waals surface area contributed by atoms with Gasteiger partial charge in [0.15, 0.2) is 0 Å². The number of ether oxygens (including phenoxy) is 1. The lowest BCUT2D eigenvalue weighted by Crippen LogP contribution is -2.16. The first-order chi connectivity index (χ1) is 6.45. The van der Waals surface area contributed by atoms with Crippen LogP contribution in [0.15, 0.2) is 0 Å². The first kappa shape index (κ1) is 9.47. The molecule has 2 nitrogen and oxygen atoms in total. The highest BCUT2D eigenvalue weighted by Gasteiger charge is 2.21. The number of hydrogen-bond acceptors (Lipinski definition) is 2. The van der Waals surface area contributed by atoms with Crippen molar-refractivity contribution in [3.8, 4) is 0 Å². The third-order valence-electron chi connectivity index (χ3n) is 3.32. The highest BCUT2D eigenvalue weighted by atomic mass is 16.5. The molecular formula is C11H21NO. The second-order valence-electron chi connectivity index (χ2n) is 4.42. The van der Waals surface area contributed by atoms with E-state index in [1.165, 1.54) is 51.6 Å². The van der Waals surface area contributed by atoms with E-state index in [1.807, 2.05) is 0 Å². The van der Waals surface area contributed by atoms with E-state index in [4.69, 9.17) is 4.74 Å². The number of hydrogen-bond donors (Lipinski definition) is 1. The van der Waals surface area contributed by atoms with Crippen LogP contribution in [0.1, 0.15) is 38.5 Å². The zero-order chi connectivity index (χ0) is 8.93. The number of rotatable bonds is 2. The van der Waals surface area contributed by atoms with Crippen LogP contribution < -0.4 is 5.32 Å². The summed E-state index contributed by atoms with van der Waals surface area (Å²) in [6, 6.07) is 0. The molecule has 2 unspecified atom stereocenters. The van der Waals surface area contributed by atoms with E-state index < -0.39 is 0 Å². The summed E-state index contributed by atoms with van der Waals surface area (Å²) in [6.45, 7) is 3.45. The minimum Gasteiger partial charge on any atom is -0.378 e. The van der Waals surface area contributed by atoms with Gasteiger partial charge in [-0.05, 0) is 57.5 Å². The Bertz CT molecular complexity index is 135. The van der Waals surface area contributed by atoms with Crippen LogP contribution in [0.5, 0.6) is 0 Å². The van der Waals surface area contributed by atoms with Crippen LogP contribution in [-0.2, 0) is 4.74 Å². The molecule has 2 atom stereocenters. The fraction of sp³-hybridized carbons (Fsp3) is 1.00. The van der Waals surface area contributed by atoms with Gasteiger partial charge in [0.05, 0.1) is 6.10 Å². The molecule has 2 heterocycles. The molecule has 2 saturated heterocycles. The van der Waals surface area contributed by atoms with Crippen molar-refractivity contribution in [1.29, 1.82) is 0 Å². The van der Waals surface area contributed by atoms with Gasteiger partial charge in [-0.1, -0.05) is 0 Å². The quantitative estimate of drug-likeness (QED) is 0.706. The molecule has 2 aliphatic heterocycles. The van der Waals surface area contributed by atoms with Crippen LogP contribution in [0, 0.1) is 5.92 Å². The largest absolute Gasteiger partial charge is 0.378 e. The summed E-state index contributed by atoms with van der Waals surface area (Å²) in [5, 5.41) is 3.46. The summed E-state index contributed by atoms with van der Waals surface area (Å²) in [4.78, 5) is 0. The summed E-state index contributed by atoms with van der Waals surface area (Å²) >= 11 is 0. The Labute approximate surface area is 81.0 Å². The standard InChI is InChI=1S/C11H21NO/c1-3-10(5-7-12-6-1)9-11-4-2-8-13-11/h10-12H,1-9H2. The van der Waals surface area contributed by atoms with E-state index in [1.54, 1.807) is 0 Å². The van der Waals surface area contributed by atoms with E-state index >= 15 is 0 Å². The second kappa shape index (κ2) is 4.97. The van der Waals surface area contributed by atoms with Crippen LogP contribution in [0.3, 0.4) is 0 Å². The second-order valence-corrected chi connectivity index (χ2v) is 4.42. The monoisotopic (exact) mass is 183 g/mol. The van der Waals surface area contributed by atoms with Gasteiger partial charge >= 0.3 is 0 Å². The molecule has 13 heavy (non-hydrogen) atoms. The van der Waals surface area contributed by atoms with Crippen molar-refractivity contribution in [3.05, 3.63) is 0 Å². The predicted octanol–water partition coefficient (Wildman–Crippen LogP) is 1.95. The van der Waals surface area contributed by atoms with Gasteiger partial charge in [-0.15, -0.1) is 0 Å². The first-order valence-corrected chi connectivity index (χ1v) is 5.77. The molecular weight excluding hydrogens is 162 g/mol. The van der Waals surface area contributed by atoms with E-state index in [9.17, 15) is 0 Å². The van der Waals surface area contributed by atoms with E-state index in [0.717, 1.165) is 12.5 Å². The van der Waals surface area contributed by atoms with Crippen molar-refractivity contribution in [2.45, 2.75) is 44.6 Å². The third-order valence-corrected chi connectivity index (χ3v) is 3.32. The van der Waals surface area contributed by atoms with Gasteiger partial charge in [0.25, 0.3) is 0 Å². The van der Waals surface area contributed by atoms with Crippen molar-refractivity contribution in [1.82, 2.24) is 5.32 Å². The Balaban J connectivity index is 1.71. The molecule has 0 aromatic carbocycles. The van der Waals surface area contributed by atoms with Crippen LogP contribution in [0.4, 0.5) is 0 Å². The summed E-state index contributed by atoms with van der Waals surface area (Å²) < 4.78 is 5.68. The van der Waals surface area contributed by atoms with Crippen LogP contribution >= 0.6 is 0 Å². The topological polar surface area (TPSA) is 21.3 Å². The van der Waals surface area contributed by atoms with Crippen LogP contribution in [0.25, 0.3) is 0 Å². The molecule has 0 bridgehead atoms. The van der Waals surface area contributed by atoms with E-state index in [0.29, 0.717) is 6.10 Å². The Kier molecular flexibility index (Phi) is 3.62. The van der Waals surface area contributed by atoms with Gasteiger partial charge in [0, 0.05) is 6.61 Å². The molecule has 2 fully saturated rings. The first-order valence-electron chi connectivity index (χ1n) is 5.77. The van der Waals surface area contributed by atoms with Gasteiger partial charge in [0.2, 0.25) is 0 Å². The van der Waals surface area contributed by atoms with Gasteiger partial charge in [-0.3, -0.25) is 0 Å². The van der Waals surface area contributed by atoms with Crippen molar-refractivity contribution in [3.63, 3.8) is 0 Å². The summed E-state index contributed by atoms with van der Waals surface area (Å²) in [5.74, 6) is 0.929. The maximum atomic E-state index is 5.68. The van der Waals surface area contributed by atoms with Gasteiger partial charge in [-0.2, -0.15) is 0 Å². The minimum absolute atomic E-state index is 0.600. The third kappa shape index (κ3) is 2.96. The SMILES string of the molecule is C1CNCCC(CC2CCCO2)C1. The molecule has 0 aromatic heterocycles. The average Bonchev–Trinajstić information content (AvgIpc) is 2.49. The smallest absolute Gasteiger partial charge is 0.0578 e. The zero-order valence-corrected chi connectivity index (χ0v) is 8.43. The molecule has 76 valence electrons. The molecule has 0 radical (unpaired) electrons. The van der Waals surface area contributed by atoms with Crippen molar-refractivity contribution < 1.29 is 4.74 Å². The van der Waals surface area contributed by atoms with Gasteiger partial charge in [0.1, 0.15) is 0 Å². The minimum atomic E-state index is 0.600. The molecule has 1 N–H and O–H groups in total. The lowest BCUT2D eigenvalue weighted by Gasteiger charge is -2.17. The Morgan fingerprint density at radius 2 is 2.08 bits per heavy atom. The molecule has 0 saturated carbocycles. The van der Waals surface area contributed by atoms with Crippen molar-refractivity contribution in [2.75, 3.05) is 19.7 Å². The highest BCUT2D eigenvalue weighted by Crippen LogP contribution is 2.25. The Morgan fingerprint density at radius 3 is 2.92 bits per heavy atom. The summed E-state index contributed by atoms with van der Waals surface area (Å²) in [5.41, 5.74) is 0. The van der Waals surface area contributed by atoms with Crippen molar-refractivity contribution >= 4 is 0 Å². The molecule has 0 aromatic rings. The fourth-order valence-corrected chi connectivity index (χ4v) is 2.53. The van der Waals surface area contributed by atoms with Gasteiger partial charge in [-0.25, -0.2) is 0 Å². The average molecular weight is 183 g/mol. The molecule has 2 rings (SSSR count). The maximum Gasteiger partial charge on any atom is 0.0578 e. The van der Waals surface area contributed by atoms with Crippen LogP contribution in [0.2, 0.25) is 0 Å². The van der Waals surface area contributed by atoms with Gasteiger partial charge < -0.3 is 10.1 Å². The molecule has 0 spiro atoms. The summed E-state index contributed by atoms with van der Waals surface area (Å²) in [6.07, 6.45) is 8.65.